The van der Waals surface area contributed by atoms with Crippen molar-refractivity contribution < 1.29 is 9.21 Å². The van der Waals surface area contributed by atoms with Crippen molar-refractivity contribution in [2.24, 2.45) is 5.92 Å². The molecule has 1 atom stereocenters. The maximum atomic E-state index is 11.9. The Morgan fingerprint density at radius 1 is 1.35 bits per heavy atom. The lowest BCUT2D eigenvalue weighted by atomic mass is 10.1. The zero-order valence-corrected chi connectivity index (χ0v) is 13.0. The lowest BCUT2D eigenvalue weighted by molar-refractivity contribution is -0.128. The molecule has 1 aliphatic heterocycles. The molecule has 2 rings (SSSR count). The summed E-state index contributed by atoms with van der Waals surface area (Å²) in [6.45, 7) is 10.7. The van der Waals surface area contributed by atoms with E-state index in [2.05, 4.69) is 33.0 Å². The van der Waals surface area contributed by atoms with E-state index in [9.17, 15) is 4.79 Å². The SMILES string of the molecule is CCC1CC(=O)N(Cc2ccc(CNC(C)(C)C)o2)C1. The molecule has 1 N–H and O–H groups in total. The molecule has 1 aliphatic rings. The minimum Gasteiger partial charge on any atom is -0.463 e. The van der Waals surface area contributed by atoms with Crippen LogP contribution in [0.2, 0.25) is 0 Å². The van der Waals surface area contributed by atoms with Crippen LogP contribution in [0, 0.1) is 5.92 Å². The fraction of sp³-hybridized carbons (Fsp3) is 0.688. The summed E-state index contributed by atoms with van der Waals surface area (Å²) >= 11 is 0. The molecule has 1 saturated heterocycles. The van der Waals surface area contributed by atoms with Crippen LogP contribution < -0.4 is 5.32 Å². The standard InChI is InChI=1S/C16H26N2O2/c1-5-12-8-15(19)18(10-12)11-14-7-6-13(20-14)9-17-16(2,3)4/h6-7,12,17H,5,8-11H2,1-4H3. The largest absolute Gasteiger partial charge is 0.463 e. The second-order valence-electron chi connectivity index (χ2n) is 6.72. The van der Waals surface area contributed by atoms with Crippen LogP contribution in [0.25, 0.3) is 0 Å². The Labute approximate surface area is 121 Å². The van der Waals surface area contributed by atoms with Crippen molar-refractivity contribution in [1.82, 2.24) is 10.2 Å². The molecular formula is C16H26N2O2. The van der Waals surface area contributed by atoms with E-state index in [-0.39, 0.29) is 11.4 Å². The number of hydrogen-bond donors (Lipinski definition) is 1. The molecule has 0 radical (unpaired) electrons. The maximum Gasteiger partial charge on any atom is 0.223 e. The van der Waals surface area contributed by atoms with E-state index in [4.69, 9.17) is 4.42 Å². The van der Waals surface area contributed by atoms with Gasteiger partial charge in [0, 0.05) is 18.5 Å². The lowest BCUT2D eigenvalue weighted by Crippen LogP contribution is -2.34. The number of furan rings is 1. The zero-order valence-electron chi connectivity index (χ0n) is 13.0. The van der Waals surface area contributed by atoms with Crippen LogP contribution in [-0.2, 0) is 17.9 Å². The number of nitrogens with zero attached hydrogens (tertiary/aromatic N) is 1. The third-order valence-electron chi connectivity index (χ3n) is 3.73. The van der Waals surface area contributed by atoms with Gasteiger partial charge in [-0.3, -0.25) is 4.79 Å². The van der Waals surface area contributed by atoms with Crippen molar-refractivity contribution in [3.63, 3.8) is 0 Å². The van der Waals surface area contributed by atoms with Crippen LogP contribution in [-0.4, -0.2) is 22.9 Å². The highest BCUT2D eigenvalue weighted by Crippen LogP contribution is 2.23. The highest BCUT2D eigenvalue weighted by atomic mass is 16.3. The molecule has 112 valence electrons. The first-order chi connectivity index (χ1) is 9.37. The topological polar surface area (TPSA) is 45.5 Å². The van der Waals surface area contributed by atoms with E-state index < -0.39 is 0 Å². The fourth-order valence-electron chi connectivity index (χ4n) is 2.42. The fourth-order valence-corrected chi connectivity index (χ4v) is 2.42. The summed E-state index contributed by atoms with van der Waals surface area (Å²) in [6.07, 6.45) is 1.76. The third-order valence-corrected chi connectivity index (χ3v) is 3.73. The summed E-state index contributed by atoms with van der Waals surface area (Å²) in [5, 5.41) is 3.40. The van der Waals surface area contributed by atoms with Crippen LogP contribution in [0.1, 0.15) is 52.1 Å². The van der Waals surface area contributed by atoms with Crippen LogP contribution in [0.5, 0.6) is 0 Å². The van der Waals surface area contributed by atoms with Gasteiger partial charge in [-0.1, -0.05) is 13.3 Å². The van der Waals surface area contributed by atoms with Crippen molar-refractivity contribution in [2.75, 3.05) is 6.54 Å². The highest BCUT2D eigenvalue weighted by molar-refractivity contribution is 5.78. The van der Waals surface area contributed by atoms with Crippen molar-refractivity contribution in [1.29, 1.82) is 0 Å². The Balaban J connectivity index is 1.88. The molecule has 0 spiro atoms. The number of carbonyl (C=O) groups excluding carboxylic acids is 1. The van der Waals surface area contributed by atoms with Crippen LogP contribution in [0.3, 0.4) is 0 Å². The zero-order chi connectivity index (χ0) is 14.8. The molecule has 0 aliphatic carbocycles. The van der Waals surface area contributed by atoms with Gasteiger partial charge in [-0.05, 0) is 38.8 Å². The number of carbonyl (C=O) groups is 1. The van der Waals surface area contributed by atoms with E-state index in [1.165, 1.54) is 0 Å². The predicted molar refractivity (Wildman–Crippen MR) is 79.1 cm³/mol. The average Bonchev–Trinajstić information content (AvgIpc) is 2.94. The Hall–Kier alpha value is -1.29. The predicted octanol–water partition coefficient (Wildman–Crippen LogP) is 2.93. The monoisotopic (exact) mass is 278 g/mol. The molecular weight excluding hydrogens is 252 g/mol. The number of nitrogens with one attached hydrogen (secondary N) is 1. The molecule has 1 unspecified atom stereocenters. The molecule has 0 saturated carbocycles. The number of likely N-dealkylation sites (tertiary alicyclic amines) is 1. The molecule has 4 nitrogen and oxygen atoms in total. The van der Waals surface area contributed by atoms with Crippen LogP contribution in [0.15, 0.2) is 16.5 Å². The Bertz CT molecular complexity index is 459. The summed E-state index contributed by atoms with van der Waals surface area (Å²) in [7, 11) is 0. The Morgan fingerprint density at radius 2 is 2.05 bits per heavy atom. The normalized spacial score (nSPS) is 19.9. The summed E-state index contributed by atoms with van der Waals surface area (Å²) in [5.74, 6) is 2.57. The molecule has 4 heteroatoms. The second kappa shape index (κ2) is 6.00. The van der Waals surface area contributed by atoms with Gasteiger partial charge in [0.2, 0.25) is 5.91 Å². The minimum absolute atomic E-state index is 0.0756. The van der Waals surface area contributed by atoms with Crippen molar-refractivity contribution in [3.8, 4) is 0 Å². The van der Waals surface area contributed by atoms with Crippen LogP contribution >= 0.6 is 0 Å². The summed E-state index contributed by atoms with van der Waals surface area (Å²) in [5.41, 5.74) is 0.0756. The number of amides is 1. The summed E-state index contributed by atoms with van der Waals surface area (Å²) in [6, 6.07) is 3.97. The van der Waals surface area contributed by atoms with E-state index in [0.717, 1.165) is 31.0 Å². The quantitative estimate of drug-likeness (QED) is 0.900. The molecule has 20 heavy (non-hydrogen) atoms. The van der Waals surface area contributed by atoms with E-state index in [0.29, 0.717) is 18.9 Å². The number of rotatable bonds is 5. The second-order valence-corrected chi connectivity index (χ2v) is 6.72. The molecule has 1 amide bonds. The minimum atomic E-state index is 0.0756. The van der Waals surface area contributed by atoms with E-state index in [1.807, 2.05) is 17.0 Å². The Kier molecular flexibility index (Phi) is 4.53. The third kappa shape index (κ3) is 4.10. The van der Waals surface area contributed by atoms with Gasteiger partial charge in [0.25, 0.3) is 0 Å². The first-order valence-corrected chi connectivity index (χ1v) is 7.48. The van der Waals surface area contributed by atoms with E-state index in [1.54, 1.807) is 0 Å². The average molecular weight is 278 g/mol. The summed E-state index contributed by atoms with van der Waals surface area (Å²) < 4.78 is 5.80. The molecule has 0 aromatic carbocycles. The van der Waals surface area contributed by atoms with Gasteiger partial charge < -0.3 is 14.6 Å². The van der Waals surface area contributed by atoms with Gasteiger partial charge in [-0.25, -0.2) is 0 Å². The number of hydrogen-bond acceptors (Lipinski definition) is 3. The molecule has 2 heterocycles. The van der Waals surface area contributed by atoms with Gasteiger partial charge in [0.15, 0.2) is 0 Å². The van der Waals surface area contributed by atoms with Gasteiger partial charge in [0.1, 0.15) is 11.5 Å². The molecule has 0 bridgehead atoms. The molecule has 1 aromatic rings. The smallest absolute Gasteiger partial charge is 0.223 e. The van der Waals surface area contributed by atoms with Crippen LogP contribution in [0.4, 0.5) is 0 Å². The van der Waals surface area contributed by atoms with Crippen molar-refractivity contribution >= 4 is 5.91 Å². The summed E-state index contributed by atoms with van der Waals surface area (Å²) in [4.78, 5) is 13.8. The molecule has 1 aromatic heterocycles. The van der Waals surface area contributed by atoms with Gasteiger partial charge in [-0.2, -0.15) is 0 Å². The van der Waals surface area contributed by atoms with E-state index >= 15 is 0 Å². The lowest BCUT2D eigenvalue weighted by Gasteiger charge is -2.19. The first-order valence-electron chi connectivity index (χ1n) is 7.48. The van der Waals surface area contributed by atoms with Gasteiger partial charge in [0.05, 0.1) is 13.1 Å². The molecule has 1 fully saturated rings. The van der Waals surface area contributed by atoms with Crippen molar-refractivity contribution in [3.05, 3.63) is 23.7 Å². The van der Waals surface area contributed by atoms with Gasteiger partial charge >= 0.3 is 0 Å². The Morgan fingerprint density at radius 3 is 2.65 bits per heavy atom. The first kappa shape index (κ1) is 15.1. The van der Waals surface area contributed by atoms with Crippen molar-refractivity contribution in [2.45, 2.75) is 59.2 Å². The maximum absolute atomic E-state index is 11.9. The highest BCUT2D eigenvalue weighted by Gasteiger charge is 2.28. The van der Waals surface area contributed by atoms with Gasteiger partial charge in [-0.15, -0.1) is 0 Å².